The summed E-state index contributed by atoms with van der Waals surface area (Å²) in [6.07, 6.45) is 6.27. The van der Waals surface area contributed by atoms with Crippen molar-refractivity contribution in [2.75, 3.05) is 18.6 Å². The van der Waals surface area contributed by atoms with Crippen molar-refractivity contribution in [2.24, 2.45) is 0 Å². The molecule has 0 aliphatic carbocycles. The Morgan fingerprint density at radius 2 is 2.12 bits per heavy atom. The fraction of sp³-hybridized carbons (Fsp3) is 0.294. The van der Waals surface area contributed by atoms with Crippen molar-refractivity contribution in [3.05, 3.63) is 45.8 Å². The van der Waals surface area contributed by atoms with Crippen molar-refractivity contribution >= 4 is 17.3 Å². The quantitative estimate of drug-likeness (QED) is 0.473. The molecule has 0 spiro atoms. The van der Waals surface area contributed by atoms with Crippen molar-refractivity contribution in [1.82, 2.24) is 10.2 Å². The Bertz CT molecular complexity index is 805. The van der Waals surface area contributed by atoms with Gasteiger partial charge in [0, 0.05) is 12.7 Å². The molecule has 25 heavy (non-hydrogen) atoms. The Labute approximate surface area is 144 Å². The molecule has 0 aliphatic rings. The number of rotatable bonds is 7. The first kappa shape index (κ1) is 18.0. The van der Waals surface area contributed by atoms with Crippen molar-refractivity contribution in [3.8, 4) is 18.1 Å². The molecule has 2 aromatic rings. The van der Waals surface area contributed by atoms with Crippen LogP contribution in [0.15, 0.2) is 24.3 Å². The van der Waals surface area contributed by atoms with E-state index in [-0.39, 0.29) is 18.0 Å². The Morgan fingerprint density at radius 3 is 2.68 bits per heavy atom. The number of aromatic amines is 1. The van der Waals surface area contributed by atoms with E-state index in [0.29, 0.717) is 30.0 Å². The van der Waals surface area contributed by atoms with E-state index in [0.717, 1.165) is 0 Å². The summed E-state index contributed by atoms with van der Waals surface area (Å²) in [4.78, 5) is 24.7. The molecule has 130 valence electrons. The van der Waals surface area contributed by atoms with Gasteiger partial charge in [0.25, 0.3) is 5.91 Å². The van der Waals surface area contributed by atoms with Crippen LogP contribution in [0.2, 0.25) is 0 Å². The highest BCUT2D eigenvalue weighted by atomic mass is 16.6. The number of nitrogens with one attached hydrogen (secondary N) is 1. The molecular weight excluding hydrogens is 324 g/mol. The third-order valence-electron chi connectivity index (χ3n) is 3.55. The molecule has 1 heterocycles. The van der Waals surface area contributed by atoms with Crippen LogP contribution >= 0.6 is 0 Å². The number of aryl methyl sites for hydroxylation is 1. The van der Waals surface area contributed by atoms with Gasteiger partial charge < -0.3 is 9.64 Å². The third-order valence-corrected chi connectivity index (χ3v) is 3.55. The number of ether oxygens (including phenoxy) is 1. The summed E-state index contributed by atoms with van der Waals surface area (Å²) in [6, 6.07) is 6.65. The first-order valence-electron chi connectivity index (χ1n) is 7.65. The molecule has 1 aromatic heterocycles. The molecule has 0 saturated heterocycles. The molecule has 8 heteroatoms. The summed E-state index contributed by atoms with van der Waals surface area (Å²) < 4.78 is 5.27. The van der Waals surface area contributed by atoms with Crippen molar-refractivity contribution in [2.45, 2.75) is 19.8 Å². The minimum Gasteiger partial charge on any atom is -0.481 e. The maximum atomic E-state index is 12.6. The zero-order valence-electron chi connectivity index (χ0n) is 14.0. The lowest BCUT2D eigenvalue weighted by atomic mass is 10.2. The van der Waals surface area contributed by atoms with Gasteiger partial charge in [-0.15, -0.1) is 6.42 Å². The highest BCUT2D eigenvalue weighted by molar-refractivity contribution is 6.07. The van der Waals surface area contributed by atoms with Gasteiger partial charge in [-0.05, 0) is 30.7 Å². The Morgan fingerprint density at radius 1 is 1.44 bits per heavy atom. The normalized spacial score (nSPS) is 10.1. The minimum atomic E-state index is -0.577. The summed E-state index contributed by atoms with van der Waals surface area (Å²) in [7, 11) is 1.53. The summed E-state index contributed by atoms with van der Waals surface area (Å²) in [6.45, 7) is 2.04. The third kappa shape index (κ3) is 3.95. The highest BCUT2D eigenvalue weighted by Gasteiger charge is 2.30. The summed E-state index contributed by atoms with van der Waals surface area (Å²) in [5.41, 5.74) is 0.422. The molecule has 1 amide bonds. The van der Waals surface area contributed by atoms with Gasteiger partial charge in [0.05, 0.1) is 4.92 Å². The number of amides is 1. The molecule has 0 fully saturated rings. The average molecular weight is 342 g/mol. The lowest BCUT2D eigenvalue weighted by molar-refractivity contribution is -0.385. The van der Waals surface area contributed by atoms with Crippen LogP contribution < -0.4 is 9.64 Å². The van der Waals surface area contributed by atoms with Gasteiger partial charge in [0.1, 0.15) is 18.1 Å². The SMILES string of the molecule is C#CCOc1ccc(N(C)C(=O)c2n[nH]c(CCC)c2[N+](=O)[O-])cc1. The lowest BCUT2D eigenvalue weighted by Gasteiger charge is -2.16. The van der Waals surface area contributed by atoms with Gasteiger partial charge in [0.15, 0.2) is 0 Å². The molecule has 0 saturated carbocycles. The van der Waals surface area contributed by atoms with Crippen LogP contribution in [0.25, 0.3) is 0 Å². The minimum absolute atomic E-state index is 0.147. The molecule has 1 aromatic carbocycles. The van der Waals surface area contributed by atoms with Crippen LogP contribution in [0.4, 0.5) is 11.4 Å². The second-order valence-electron chi connectivity index (χ2n) is 5.26. The van der Waals surface area contributed by atoms with Crippen LogP contribution in [-0.4, -0.2) is 34.7 Å². The fourth-order valence-electron chi connectivity index (χ4n) is 2.31. The van der Waals surface area contributed by atoms with Gasteiger partial charge in [-0.1, -0.05) is 19.3 Å². The molecule has 0 atom stereocenters. The Kier molecular flexibility index (Phi) is 5.74. The predicted octanol–water partition coefficient (Wildman–Crippen LogP) is 2.56. The van der Waals surface area contributed by atoms with Crippen LogP contribution in [0.1, 0.15) is 29.5 Å². The average Bonchev–Trinajstić information content (AvgIpc) is 3.03. The number of carbonyl (C=O) groups excluding carboxylic acids is 1. The Hall–Kier alpha value is -3.34. The number of nitro groups is 1. The molecule has 8 nitrogen and oxygen atoms in total. The smallest absolute Gasteiger partial charge is 0.322 e. The molecule has 0 aliphatic heterocycles. The first-order chi connectivity index (χ1) is 12.0. The van der Waals surface area contributed by atoms with Crippen molar-refractivity contribution < 1.29 is 14.5 Å². The van der Waals surface area contributed by atoms with Gasteiger partial charge >= 0.3 is 5.69 Å². The maximum absolute atomic E-state index is 12.6. The number of hydrogen-bond donors (Lipinski definition) is 1. The standard InChI is InChI=1S/C17H18N4O4/c1-4-6-14-16(21(23)24)15(19-18-14)17(22)20(3)12-7-9-13(10-8-12)25-11-5-2/h2,7-10H,4,6,11H2,1,3H3,(H,18,19). The number of nitrogens with zero attached hydrogens (tertiary/aromatic N) is 3. The number of anilines is 1. The number of H-pyrrole nitrogens is 1. The number of terminal acetylenes is 1. The van der Waals surface area contributed by atoms with Crippen molar-refractivity contribution in [1.29, 1.82) is 0 Å². The van der Waals surface area contributed by atoms with E-state index in [2.05, 4.69) is 16.1 Å². The lowest BCUT2D eigenvalue weighted by Crippen LogP contribution is -2.27. The largest absolute Gasteiger partial charge is 0.481 e. The van der Waals surface area contributed by atoms with E-state index in [1.165, 1.54) is 11.9 Å². The molecule has 2 rings (SSSR count). The van der Waals surface area contributed by atoms with Gasteiger partial charge in [-0.3, -0.25) is 20.0 Å². The summed E-state index contributed by atoms with van der Waals surface area (Å²) in [5, 5.41) is 17.8. The van der Waals surface area contributed by atoms with E-state index in [1.54, 1.807) is 24.3 Å². The van der Waals surface area contributed by atoms with Crippen LogP contribution in [0, 0.1) is 22.5 Å². The molecule has 0 bridgehead atoms. The van der Waals surface area contributed by atoms with Gasteiger partial charge in [-0.2, -0.15) is 5.10 Å². The van der Waals surface area contributed by atoms with Crippen molar-refractivity contribution in [3.63, 3.8) is 0 Å². The monoisotopic (exact) mass is 342 g/mol. The number of hydrogen-bond acceptors (Lipinski definition) is 5. The summed E-state index contributed by atoms with van der Waals surface area (Å²) in [5.74, 6) is 2.36. The zero-order valence-corrected chi connectivity index (χ0v) is 14.0. The van der Waals surface area contributed by atoms with E-state index >= 15 is 0 Å². The predicted molar refractivity (Wildman–Crippen MR) is 92.7 cm³/mol. The second-order valence-corrected chi connectivity index (χ2v) is 5.26. The summed E-state index contributed by atoms with van der Waals surface area (Å²) >= 11 is 0. The van der Waals surface area contributed by atoms with E-state index in [1.807, 2.05) is 6.92 Å². The molecule has 0 unspecified atom stereocenters. The zero-order chi connectivity index (χ0) is 18.4. The first-order valence-corrected chi connectivity index (χ1v) is 7.65. The maximum Gasteiger partial charge on any atom is 0.322 e. The molecule has 1 N–H and O–H groups in total. The fourth-order valence-corrected chi connectivity index (χ4v) is 2.31. The molecular formula is C17H18N4O4. The Balaban J connectivity index is 2.25. The highest BCUT2D eigenvalue weighted by Crippen LogP contribution is 2.26. The second kappa shape index (κ2) is 7.97. The van der Waals surface area contributed by atoms with E-state index < -0.39 is 10.8 Å². The van der Waals surface area contributed by atoms with Gasteiger partial charge in [0.2, 0.25) is 5.69 Å². The topological polar surface area (TPSA) is 101 Å². The van der Waals surface area contributed by atoms with Crippen LogP contribution in [-0.2, 0) is 6.42 Å². The number of carbonyl (C=O) groups is 1. The molecule has 0 radical (unpaired) electrons. The number of benzene rings is 1. The van der Waals surface area contributed by atoms with Crippen LogP contribution in [0.3, 0.4) is 0 Å². The van der Waals surface area contributed by atoms with E-state index in [9.17, 15) is 14.9 Å². The van der Waals surface area contributed by atoms with Gasteiger partial charge in [-0.25, -0.2) is 0 Å². The van der Waals surface area contributed by atoms with Crippen LogP contribution in [0.5, 0.6) is 5.75 Å². The van der Waals surface area contributed by atoms with E-state index in [4.69, 9.17) is 11.2 Å². The number of aromatic nitrogens is 2.